The summed E-state index contributed by atoms with van der Waals surface area (Å²) in [7, 11) is 3.53. The maximum atomic E-state index is 12.2. The molecule has 2 rings (SSSR count). The van der Waals surface area contributed by atoms with Crippen LogP contribution in [0.3, 0.4) is 0 Å². The molecule has 0 aromatic heterocycles. The number of benzene rings is 1. The Morgan fingerprint density at radius 2 is 2.15 bits per heavy atom. The van der Waals surface area contributed by atoms with Gasteiger partial charge in [-0.15, -0.1) is 0 Å². The maximum absolute atomic E-state index is 12.2. The van der Waals surface area contributed by atoms with Gasteiger partial charge in [-0.1, -0.05) is 19.8 Å². The van der Waals surface area contributed by atoms with Gasteiger partial charge in [0.2, 0.25) is 0 Å². The van der Waals surface area contributed by atoms with E-state index in [1.807, 2.05) is 6.07 Å². The summed E-state index contributed by atoms with van der Waals surface area (Å²) >= 11 is 0. The molecule has 1 aliphatic rings. The van der Waals surface area contributed by atoms with Gasteiger partial charge >= 0.3 is 0 Å². The van der Waals surface area contributed by atoms with E-state index in [0.717, 1.165) is 18.2 Å². The van der Waals surface area contributed by atoms with Crippen LogP contribution in [0.25, 0.3) is 0 Å². The number of amides is 1. The van der Waals surface area contributed by atoms with E-state index >= 15 is 0 Å². The summed E-state index contributed by atoms with van der Waals surface area (Å²) in [6.07, 6.45) is 3.90. The van der Waals surface area contributed by atoms with Gasteiger partial charge in [0.15, 0.2) is 0 Å². The SMILES string of the molecule is CC1CCCC1CNc1cc(N)ccc1C(=O)N(C)C. The highest BCUT2D eigenvalue weighted by molar-refractivity contribution is 6.00. The lowest BCUT2D eigenvalue weighted by molar-refractivity contribution is 0.0828. The summed E-state index contributed by atoms with van der Waals surface area (Å²) in [6, 6.07) is 5.44. The molecule has 0 radical (unpaired) electrons. The molecule has 1 aliphatic carbocycles. The third-order valence-electron chi connectivity index (χ3n) is 4.27. The van der Waals surface area contributed by atoms with Crippen molar-refractivity contribution in [2.24, 2.45) is 11.8 Å². The van der Waals surface area contributed by atoms with Gasteiger partial charge in [0.1, 0.15) is 0 Å². The van der Waals surface area contributed by atoms with E-state index < -0.39 is 0 Å². The minimum absolute atomic E-state index is 0.00645. The summed E-state index contributed by atoms with van der Waals surface area (Å²) in [5.74, 6) is 1.46. The van der Waals surface area contributed by atoms with Crippen molar-refractivity contribution >= 4 is 17.3 Å². The van der Waals surface area contributed by atoms with E-state index in [9.17, 15) is 4.79 Å². The Morgan fingerprint density at radius 3 is 2.75 bits per heavy atom. The number of hydrogen-bond acceptors (Lipinski definition) is 3. The minimum atomic E-state index is 0.00645. The topological polar surface area (TPSA) is 58.4 Å². The van der Waals surface area contributed by atoms with Crippen molar-refractivity contribution in [1.29, 1.82) is 0 Å². The molecule has 0 bridgehead atoms. The molecule has 4 nitrogen and oxygen atoms in total. The van der Waals surface area contributed by atoms with E-state index in [1.54, 1.807) is 31.1 Å². The van der Waals surface area contributed by atoms with Crippen LogP contribution >= 0.6 is 0 Å². The number of nitrogens with zero attached hydrogens (tertiary/aromatic N) is 1. The van der Waals surface area contributed by atoms with Crippen molar-refractivity contribution in [2.75, 3.05) is 31.7 Å². The van der Waals surface area contributed by atoms with Gasteiger partial charge in [-0.3, -0.25) is 4.79 Å². The number of carbonyl (C=O) groups is 1. The van der Waals surface area contributed by atoms with Gasteiger partial charge in [-0.2, -0.15) is 0 Å². The average molecular weight is 275 g/mol. The predicted octanol–water partition coefficient (Wildman–Crippen LogP) is 2.82. The summed E-state index contributed by atoms with van der Waals surface area (Å²) in [5, 5.41) is 3.43. The van der Waals surface area contributed by atoms with E-state index in [0.29, 0.717) is 17.2 Å². The molecular formula is C16H25N3O. The van der Waals surface area contributed by atoms with Crippen molar-refractivity contribution in [1.82, 2.24) is 4.90 Å². The monoisotopic (exact) mass is 275 g/mol. The first kappa shape index (κ1) is 14.7. The van der Waals surface area contributed by atoms with E-state index in [-0.39, 0.29) is 5.91 Å². The van der Waals surface area contributed by atoms with Crippen LogP contribution in [0, 0.1) is 11.8 Å². The molecule has 0 spiro atoms. The molecule has 0 saturated heterocycles. The summed E-state index contributed by atoms with van der Waals surface area (Å²) in [4.78, 5) is 13.8. The van der Waals surface area contributed by atoms with Crippen LogP contribution in [0.15, 0.2) is 18.2 Å². The Hall–Kier alpha value is -1.71. The largest absolute Gasteiger partial charge is 0.399 e. The highest BCUT2D eigenvalue weighted by Crippen LogP contribution is 2.31. The first-order valence-corrected chi connectivity index (χ1v) is 7.34. The van der Waals surface area contributed by atoms with Gasteiger partial charge in [0.05, 0.1) is 5.56 Å². The van der Waals surface area contributed by atoms with Crippen molar-refractivity contribution in [3.63, 3.8) is 0 Å². The number of nitrogens with one attached hydrogen (secondary N) is 1. The van der Waals surface area contributed by atoms with Crippen LogP contribution in [0.4, 0.5) is 11.4 Å². The molecule has 1 aromatic rings. The molecule has 110 valence electrons. The molecule has 1 fully saturated rings. The molecule has 0 aliphatic heterocycles. The molecule has 2 atom stereocenters. The molecule has 3 N–H and O–H groups in total. The predicted molar refractivity (Wildman–Crippen MR) is 83.9 cm³/mol. The fourth-order valence-corrected chi connectivity index (χ4v) is 2.90. The van der Waals surface area contributed by atoms with Crippen LogP contribution in [0.1, 0.15) is 36.5 Å². The average Bonchev–Trinajstić information content (AvgIpc) is 2.81. The van der Waals surface area contributed by atoms with Crippen LogP contribution in [0.5, 0.6) is 0 Å². The Labute approximate surface area is 121 Å². The fourth-order valence-electron chi connectivity index (χ4n) is 2.90. The van der Waals surface area contributed by atoms with Crippen molar-refractivity contribution in [3.05, 3.63) is 23.8 Å². The van der Waals surface area contributed by atoms with Gasteiger partial charge in [0.25, 0.3) is 5.91 Å². The fraction of sp³-hybridized carbons (Fsp3) is 0.562. The molecule has 1 amide bonds. The Morgan fingerprint density at radius 1 is 1.40 bits per heavy atom. The highest BCUT2D eigenvalue weighted by Gasteiger charge is 2.23. The molecule has 1 aromatic carbocycles. The Balaban J connectivity index is 2.13. The van der Waals surface area contributed by atoms with Crippen molar-refractivity contribution in [3.8, 4) is 0 Å². The molecule has 0 heterocycles. The standard InChI is InChI=1S/C16H25N3O/c1-11-5-4-6-12(11)10-18-15-9-13(17)7-8-14(15)16(20)19(2)3/h7-9,11-12,18H,4-6,10,17H2,1-3H3. The third kappa shape index (κ3) is 3.24. The lowest BCUT2D eigenvalue weighted by Gasteiger charge is -2.20. The van der Waals surface area contributed by atoms with Crippen LogP contribution in [-0.4, -0.2) is 31.4 Å². The van der Waals surface area contributed by atoms with Gasteiger partial charge < -0.3 is 16.0 Å². The summed E-state index contributed by atoms with van der Waals surface area (Å²) < 4.78 is 0. The zero-order chi connectivity index (χ0) is 14.7. The zero-order valence-electron chi connectivity index (χ0n) is 12.6. The highest BCUT2D eigenvalue weighted by atomic mass is 16.2. The lowest BCUT2D eigenvalue weighted by atomic mass is 9.98. The summed E-state index contributed by atoms with van der Waals surface area (Å²) in [5.41, 5.74) is 8.07. The molecule has 4 heteroatoms. The minimum Gasteiger partial charge on any atom is -0.399 e. The zero-order valence-corrected chi connectivity index (χ0v) is 12.6. The smallest absolute Gasteiger partial charge is 0.255 e. The normalized spacial score (nSPS) is 21.8. The van der Waals surface area contributed by atoms with Gasteiger partial charge in [0, 0.05) is 32.0 Å². The quantitative estimate of drug-likeness (QED) is 0.831. The molecule has 1 saturated carbocycles. The number of nitrogen functional groups attached to an aromatic ring is 1. The number of carbonyl (C=O) groups excluding carboxylic acids is 1. The number of hydrogen-bond donors (Lipinski definition) is 2. The lowest BCUT2D eigenvalue weighted by Crippen LogP contribution is -2.24. The van der Waals surface area contributed by atoms with Crippen LogP contribution in [-0.2, 0) is 0 Å². The van der Waals surface area contributed by atoms with Crippen molar-refractivity contribution in [2.45, 2.75) is 26.2 Å². The summed E-state index contributed by atoms with van der Waals surface area (Å²) in [6.45, 7) is 3.23. The third-order valence-corrected chi connectivity index (χ3v) is 4.27. The van der Waals surface area contributed by atoms with Crippen LogP contribution in [0.2, 0.25) is 0 Å². The second kappa shape index (κ2) is 6.16. The molecule has 2 unspecified atom stereocenters. The Bertz CT molecular complexity index is 485. The maximum Gasteiger partial charge on any atom is 0.255 e. The second-order valence-corrected chi connectivity index (χ2v) is 6.05. The second-order valence-electron chi connectivity index (χ2n) is 6.05. The van der Waals surface area contributed by atoms with E-state index in [2.05, 4.69) is 12.2 Å². The first-order chi connectivity index (χ1) is 9.49. The van der Waals surface area contributed by atoms with E-state index in [4.69, 9.17) is 5.73 Å². The van der Waals surface area contributed by atoms with Crippen molar-refractivity contribution < 1.29 is 4.79 Å². The number of rotatable bonds is 4. The van der Waals surface area contributed by atoms with Gasteiger partial charge in [-0.05, 0) is 36.5 Å². The number of anilines is 2. The number of nitrogens with two attached hydrogens (primary N) is 1. The van der Waals surface area contributed by atoms with Crippen LogP contribution < -0.4 is 11.1 Å². The molecular weight excluding hydrogens is 250 g/mol. The Kier molecular flexibility index (Phi) is 4.53. The first-order valence-electron chi connectivity index (χ1n) is 7.34. The van der Waals surface area contributed by atoms with E-state index in [1.165, 1.54) is 19.3 Å². The van der Waals surface area contributed by atoms with Gasteiger partial charge in [-0.25, -0.2) is 0 Å². The molecule has 20 heavy (non-hydrogen) atoms.